The van der Waals surface area contributed by atoms with Crippen LogP contribution in [0.25, 0.3) is 0 Å². The molecule has 1 aromatic rings. The molecule has 1 aromatic heterocycles. The summed E-state index contributed by atoms with van der Waals surface area (Å²) in [6.45, 7) is 2.96. The van der Waals surface area contributed by atoms with Crippen molar-refractivity contribution in [3.05, 3.63) is 23.0 Å². The molecule has 1 rings (SSSR count). The smallest absolute Gasteiger partial charge is 0.150 e. The van der Waals surface area contributed by atoms with Crippen molar-refractivity contribution in [2.75, 3.05) is 41.5 Å². The highest BCUT2D eigenvalue weighted by molar-refractivity contribution is 7.71. The average molecular weight is 289 g/mol. The SMILES string of the molecule is CCO.CN(C)CN(C)C.Cn1cccc(O)c1=S. The van der Waals surface area contributed by atoms with Crippen LogP contribution in [-0.4, -0.2) is 66.0 Å². The predicted molar refractivity (Wildman–Crippen MR) is 82.9 cm³/mol. The Morgan fingerprint density at radius 3 is 1.84 bits per heavy atom. The summed E-state index contributed by atoms with van der Waals surface area (Å²) in [5, 5.41) is 16.5. The first kappa shape index (κ1) is 20.4. The normalized spacial score (nSPS) is 9.53. The first-order valence-electron chi connectivity index (χ1n) is 6.01. The van der Waals surface area contributed by atoms with E-state index in [1.807, 2.05) is 0 Å². The summed E-state index contributed by atoms with van der Waals surface area (Å²) in [7, 11) is 10.0. The highest BCUT2D eigenvalue weighted by Crippen LogP contribution is 2.07. The third kappa shape index (κ3) is 13.3. The summed E-state index contributed by atoms with van der Waals surface area (Å²) < 4.78 is 2.16. The molecule has 5 nitrogen and oxygen atoms in total. The van der Waals surface area contributed by atoms with Crippen LogP contribution in [0.15, 0.2) is 18.3 Å². The summed E-state index contributed by atoms with van der Waals surface area (Å²) in [4.78, 5) is 4.25. The molecule has 0 bridgehead atoms. The number of aromatic nitrogens is 1. The lowest BCUT2D eigenvalue weighted by Crippen LogP contribution is -2.26. The second kappa shape index (κ2) is 12.1. The Morgan fingerprint density at radius 1 is 1.21 bits per heavy atom. The van der Waals surface area contributed by atoms with Crippen LogP contribution in [-0.2, 0) is 7.05 Å². The number of aryl methyl sites for hydroxylation is 1. The van der Waals surface area contributed by atoms with Gasteiger partial charge in [-0.25, -0.2) is 0 Å². The fourth-order valence-corrected chi connectivity index (χ4v) is 1.28. The van der Waals surface area contributed by atoms with E-state index in [2.05, 4.69) is 38.0 Å². The van der Waals surface area contributed by atoms with E-state index in [1.54, 1.807) is 36.9 Å². The Labute approximate surface area is 121 Å². The average Bonchev–Trinajstić information content (AvgIpc) is 2.26. The van der Waals surface area contributed by atoms with Gasteiger partial charge in [-0.1, -0.05) is 12.2 Å². The second-order valence-electron chi connectivity index (χ2n) is 4.43. The summed E-state index contributed by atoms with van der Waals surface area (Å²) in [5.41, 5.74) is 0. The van der Waals surface area contributed by atoms with Gasteiger partial charge in [0.1, 0.15) is 10.4 Å². The molecular formula is C13H27N3O2S. The molecule has 0 aliphatic heterocycles. The van der Waals surface area contributed by atoms with E-state index in [0.29, 0.717) is 4.64 Å². The van der Waals surface area contributed by atoms with Gasteiger partial charge in [-0.15, -0.1) is 0 Å². The lowest BCUT2D eigenvalue weighted by Gasteiger charge is -2.14. The number of rotatable bonds is 2. The van der Waals surface area contributed by atoms with Crippen LogP contribution in [0.4, 0.5) is 0 Å². The maximum Gasteiger partial charge on any atom is 0.150 e. The zero-order valence-corrected chi connectivity index (χ0v) is 13.6. The molecule has 112 valence electrons. The Kier molecular flexibility index (Phi) is 13.0. The maximum atomic E-state index is 8.98. The lowest BCUT2D eigenvalue weighted by atomic mass is 10.5. The molecule has 2 N–H and O–H groups in total. The van der Waals surface area contributed by atoms with Crippen LogP contribution < -0.4 is 0 Å². The Bertz CT molecular complexity index is 349. The van der Waals surface area contributed by atoms with Gasteiger partial charge in [-0.05, 0) is 47.2 Å². The molecule has 0 aliphatic carbocycles. The monoisotopic (exact) mass is 289 g/mol. The van der Waals surface area contributed by atoms with Crippen molar-refractivity contribution in [2.24, 2.45) is 7.05 Å². The van der Waals surface area contributed by atoms with Crippen LogP contribution in [0.1, 0.15) is 6.92 Å². The summed E-state index contributed by atoms with van der Waals surface area (Å²) in [6.07, 6.45) is 1.79. The number of aliphatic hydroxyl groups excluding tert-OH is 1. The van der Waals surface area contributed by atoms with Crippen LogP contribution in [0.2, 0.25) is 0 Å². The molecule has 0 unspecified atom stereocenters. The first-order chi connectivity index (χ1) is 8.76. The quantitative estimate of drug-likeness (QED) is 0.639. The van der Waals surface area contributed by atoms with Gasteiger partial charge in [-0.3, -0.25) is 9.80 Å². The molecule has 0 saturated heterocycles. The zero-order valence-electron chi connectivity index (χ0n) is 12.8. The van der Waals surface area contributed by atoms with Crippen LogP contribution in [0, 0.1) is 4.64 Å². The van der Waals surface area contributed by atoms with E-state index in [4.69, 9.17) is 22.4 Å². The van der Waals surface area contributed by atoms with Crippen molar-refractivity contribution in [2.45, 2.75) is 6.92 Å². The standard InChI is InChI=1S/C6H7NOS.C5H14N2.C2H6O/c1-7-4-2-3-5(8)6(7)9;1-6(2)5-7(3)4;1-2-3/h2-4,8H,1H3;5H2,1-4H3;3H,2H2,1H3. The van der Waals surface area contributed by atoms with E-state index in [1.165, 1.54) is 0 Å². The molecular weight excluding hydrogens is 262 g/mol. The molecule has 0 aliphatic rings. The number of hydrogen-bond acceptors (Lipinski definition) is 5. The van der Waals surface area contributed by atoms with E-state index in [0.717, 1.165) is 6.67 Å². The lowest BCUT2D eigenvalue weighted by molar-refractivity contribution is 0.245. The zero-order chi connectivity index (χ0) is 15.4. The van der Waals surface area contributed by atoms with Gasteiger partial charge in [0.2, 0.25) is 0 Å². The number of aliphatic hydroxyl groups is 1. The highest BCUT2D eigenvalue weighted by atomic mass is 32.1. The fraction of sp³-hybridized carbons (Fsp3) is 0.615. The van der Waals surface area contributed by atoms with E-state index < -0.39 is 0 Å². The van der Waals surface area contributed by atoms with E-state index in [-0.39, 0.29) is 12.4 Å². The highest BCUT2D eigenvalue weighted by Gasteiger charge is 1.89. The molecule has 0 saturated carbocycles. The first-order valence-corrected chi connectivity index (χ1v) is 6.41. The van der Waals surface area contributed by atoms with Crippen molar-refractivity contribution < 1.29 is 10.2 Å². The number of nitrogens with zero attached hydrogens (tertiary/aromatic N) is 3. The summed E-state index contributed by atoms with van der Waals surface area (Å²) >= 11 is 4.81. The molecule has 0 fully saturated rings. The topological polar surface area (TPSA) is 51.9 Å². The summed E-state index contributed by atoms with van der Waals surface area (Å²) in [6, 6.07) is 3.31. The van der Waals surface area contributed by atoms with Gasteiger partial charge in [0.25, 0.3) is 0 Å². The number of pyridine rings is 1. The van der Waals surface area contributed by atoms with Crippen molar-refractivity contribution in [1.29, 1.82) is 0 Å². The minimum Gasteiger partial charge on any atom is -0.505 e. The van der Waals surface area contributed by atoms with Gasteiger partial charge in [-0.2, -0.15) is 0 Å². The molecule has 0 aromatic carbocycles. The van der Waals surface area contributed by atoms with Crippen molar-refractivity contribution in [3.63, 3.8) is 0 Å². The third-order valence-electron chi connectivity index (χ3n) is 1.67. The Morgan fingerprint density at radius 2 is 1.63 bits per heavy atom. The second-order valence-corrected chi connectivity index (χ2v) is 4.81. The van der Waals surface area contributed by atoms with E-state index >= 15 is 0 Å². The fourth-order valence-electron chi connectivity index (χ4n) is 1.15. The van der Waals surface area contributed by atoms with Crippen LogP contribution in [0.5, 0.6) is 5.75 Å². The Balaban J connectivity index is 0. The molecule has 19 heavy (non-hydrogen) atoms. The minimum atomic E-state index is 0.162. The van der Waals surface area contributed by atoms with Crippen molar-refractivity contribution in [3.8, 4) is 5.75 Å². The number of aromatic hydroxyl groups is 1. The van der Waals surface area contributed by atoms with Crippen molar-refractivity contribution in [1.82, 2.24) is 14.4 Å². The van der Waals surface area contributed by atoms with Gasteiger partial charge >= 0.3 is 0 Å². The van der Waals surface area contributed by atoms with Gasteiger partial charge in [0.05, 0.1) is 0 Å². The molecule has 0 spiro atoms. The molecule has 0 atom stereocenters. The van der Waals surface area contributed by atoms with Crippen LogP contribution in [0.3, 0.4) is 0 Å². The van der Waals surface area contributed by atoms with E-state index in [9.17, 15) is 0 Å². The predicted octanol–water partition coefficient (Wildman–Crippen LogP) is 1.53. The molecule has 0 radical (unpaired) electrons. The molecule has 0 amide bonds. The maximum absolute atomic E-state index is 8.98. The number of hydrogen-bond donors (Lipinski definition) is 2. The molecule has 6 heteroatoms. The van der Waals surface area contributed by atoms with Crippen molar-refractivity contribution >= 4 is 12.2 Å². The largest absolute Gasteiger partial charge is 0.505 e. The van der Waals surface area contributed by atoms with Gasteiger partial charge in [0, 0.05) is 26.5 Å². The Hall–Kier alpha value is -0.950. The van der Waals surface area contributed by atoms with Gasteiger partial charge in [0.15, 0.2) is 0 Å². The molecule has 1 heterocycles. The minimum absolute atomic E-state index is 0.162. The van der Waals surface area contributed by atoms with Crippen LogP contribution >= 0.6 is 12.2 Å². The van der Waals surface area contributed by atoms with Gasteiger partial charge < -0.3 is 14.8 Å². The summed E-state index contributed by atoms with van der Waals surface area (Å²) in [5.74, 6) is 0.162. The third-order valence-corrected chi connectivity index (χ3v) is 2.17.